The van der Waals surface area contributed by atoms with Crippen molar-refractivity contribution >= 4 is 23.4 Å². The Morgan fingerprint density at radius 1 is 1.09 bits per heavy atom. The predicted octanol–water partition coefficient (Wildman–Crippen LogP) is 2.82. The van der Waals surface area contributed by atoms with E-state index in [1.54, 1.807) is 50.0 Å². The van der Waals surface area contributed by atoms with E-state index in [0.717, 1.165) is 11.1 Å². The first-order valence-corrected chi connectivity index (χ1v) is 11.8. The lowest BCUT2D eigenvalue weighted by Crippen LogP contribution is -2.39. The summed E-state index contributed by atoms with van der Waals surface area (Å²) >= 11 is 1.26. The molecular weight excluding hydrogens is 468 g/mol. The second kappa shape index (κ2) is 10.2. The van der Waals surface area contributed by atoms with Crippen LogP contribution in [0, 0.1) is 0 Å². The van der Waals surface area contributed by atoms with Gasteiger partial charge in [-0.05, 0) is 55.3 Å². The first-order chi connectivity index (χ1) is 16.9. The molecule has 3 aromatic rings. The van der Waals surface area contributed by atoms with E-state index < -0.39 is 12.0 Å². The van der Waals surface area contributed by atoms with Gasteiger partial charge in [0.2, 0.25) is 0 Å². The summed E-state index contributed by atoms with van der Waals surface area (Å²) in [5.41, 5.74) is 2.10. The van der Waals surface area contributed by atoms with Gasteiger partial charge in [-0.3, -0.25) is 9.36 Å². The number of fused-ring (bicyclic) bond motifs is 1. The molecule has 0 amide bonds. The number of carbonyl (C=O) groups excluding carboxylic acids is 1. The van der Waals surface area contributed by atoms with Crippen molar-refractivity contribution < 1.29 is 23.7 Å². The molecule has 1 atom stereocenters. The van der Waals surface area contributed by atoms with Crippen LogP contribution >= 0.6 is 11.3 Å². The number of benzene rings is 2. The zero-order valence-corrected chi connectivity index (χ0v) is 21.0. The number of carbonyl (C=O) groups is 1. The molecule has 1 aliphatic heterocycles. The quantitative estimate of drug-likeness (QED) is 0.470. The minimum absolute atomic E-state index is 0.253. The Morgan fingerprint density at radius 3 is 2.46 bits per heavy atom. The zero-order valence-electron chi connectivity index (χ0n) is 20.2. The minimum atomic E-state index is -0.679. The molecule has 9 heteroatoms. The first kappa shape index (κ1) is 24.3. The van der Waals surface area contributed by atoms with Gasteiger partial charge < -0.3 is 18.9 Å². The Labute approximate surface area is 206 Å². The maximum Gasteiger partial charge on any atom is 0.338 e. The van der Waals surface area contributed by atoms with Crippen LogP contribution in [0.4, 0.5) is 0 Å². The Bertz CT molecular complexity index is 1470. The van der Waals surface area contributed by atoms with E-state index >= 15 is 0 Å². The van der Waals surface area contributed by atoms with Crippen molar-refractivity contribution in [3.05, 3.63) is 84.5 Å². The van der Waals surface area contributed by atoms with E-state index in [-0.39, 0.29) is 5.56 Å². The largest absolute Gasteiger partial charge is 0.497 e. The number of nitrogens with zero attached hydrogens (tertiary/aromatic N) is 2. The molecule has 0 saturated heterocycles. The molecule has 2 heterocycles. The van der Waals surface area contributed by atoms with Crippen LogP contribution in [0.2, 0.25) is 0 Å². The molecule has 35 heavy (non-hydrogen) atoms. The number of rotatable bonds is 7. The summed E-state index contributed by atoms with van der Waals surface area (Å²) in [5.74, 6) is 1.35. The number of esters is 1. The summed E-state index contributed by atoms with van der Waals surface area (Å²) < 4.78 is 23.4. The molecule has 1 aliphatic rings. The van der Waals surface area contributed by atoms with Crippen molar-refractivity contribution in [3.63, 3.8) is 0 Å². The van der Waals surface area contributed by atoms with Crippen LogP contribution in [-0.4, -0.2) is 38.5 Å². The third-order valence-electron chi connectivity index (χ3n) is 5.64. The van der Waals surface area contributed by atoms with Gasteiger partial charge in [0.15, 0.2) is 16.3 Å². The molecule has 0 spiro atoms. The van der Waals surface area contributed by atoms with Crippen LogP contribution in [0.15, 0.2) is 63.5 Å². The molecule has 182 valence electrons. The molecule has 2 aromatic carbocycles. The number of allylic oxidation sites excluding steroid dienone is 1. The summed E-state index contributed by atoms with van der Waals surface area (Å²) in [7, 11) is 4.48. The summed E-state index contributed by atoms with van der Waals surface area (Å²) in [4.78, 5) is 31.5. The number of ether oxygens (including phenoxy) is 4. The number of aromatic nitrogens is 1. The number of hydrogen-bond acceptors (Lipinski definition) is 8. The fourth-order valence-electron chi connectivity index (χ4n) is 4.00. The summed E-state index contributed by atoms with van der Waals surface area (Å²) in [6.07, 6.45) is 1.79. The Balaban J connectivity index is 1.91. The van der Waals surface area contributed by atoms with Crippen molar-refractivity contribution in [1.82, 2.24) is 4.57 Å². The third-order valence-corrected chi connectivity index (χ3v) is 6.63. The monoisotopic (exact) mass is 494 g/mol. The number of hydrogen-bond donors (Lipinski definition) is 0. The fourth-order valence-corrected chi connectivity index (χ4v) is 5.04. The van der Waals surface area contributed by atoms with E-state index in [1.807, 2.05) is 31.2 Å². The van der Waals surface area contributed by atoms with Crippen molar-refractivity contribution in [2.75, 3.05) is 27.9 Å². The average molecular weight is 495 g/mol. The van der Waals surface area contributed by atoms with E-state index in [2.05, 4.69) is 4.99 Å². The lowest BCUT2D eigenvalue weighted by molar-refractivity contribution is -0.136. The first-order valence-electron chi connectivity index (χ1n) is 11.0. The summed E-state index contributed by atoms with van der Waals surface area (Å²) in [6, 6.07) is 12.1. The molecule has 0 N–H and O–H groups in total. The normalized spacial score (nSPS) is 15.3. The van der Waals surface area contributed by atoms with Gasteiger partial charge >= 0.3 is 5.97 Å². The number of thiazole rings is 1. The maximum atomic E-state index is 13.6. The van der Waals surface area contributed by atoms with Gasteiger partial charge in [0, 0.05) is 0 Å². The summed E-state index contributed by atoms with van der Waals surface area (Å²) in [6.45, 7) is 4.13. The van der Waals surface area contributed by atoms with Gasteiger partial charge in [-0.1, -0.05) is 29.5 Å². The highest BCUT2D eigenvalue weighted by Gasteiger charge is 2.33. The molecule has 0 fully saturated rings. The van der Waals surface area contributed by atoms with Gasteiger partial charge in [0.25, 0.3) is 5.56 Å². The lowest BCUT2D eigenvalue weighted by atomic mass is 9.96. The highest BCUT2D eigenvalue weighted by molar-refractivity contribution is 7.07. The SMILES string of the molecule is CCOc1cc(/C=c2/sc3n(c2=O)[C@@H](c2ccc(OC)cc2)C(C(=O)OC)=C(C)N=3)ccc1OC. The molecule has 4 rings (SSSR count). The number of methoxy groups -OCH3 is 3. The van der Waals surface area contributed by atoms with Crippen LogP contribution in [0.25, 0.3) is 6.08 Å². The van der Waals surface area contributed by atoms with Crippen LogP contribution < -0.4 is 29.1 Å². The van der Waals surface area contributed by atoms with Crippen molar-refractivity contribution in [3.8, 4) is 17.2 Å². The minimum Gasteiger partial charge on any atom is -0.497 e. The van der Waals surface area contributed by atoms with Crippen molar-refractivity contribution in [1.29, 1.82) is 0 Å². The standard InChI is InChI=1S/C26H26N2O6S/c1-6-34-20-13-16(7-12-19(20)32-4)14-21-24(29)28-23(17-8-10-18(31-3)11-9-17)22(25(30)33-5)15(2)27-26(28)35-21/h7-14,23H,6H2,1-5H3/b21-14+/t23-/m0/s1. The van der Waals surface area contributed by atoms with Gasteiger partial charge in [-0.25, -0.2) is 9.79 Å². The molecule has 0 aliphatic carbocycles. The maximum absolute atomic E-state index is 13.6. The molecule has 0 unspecified atom stereocenters. The van der Waals surface area contributed by atoms with Crippen LogP contribution in [0.5, 0.6) is 17.2 Å². The van der Waals surface area contributed by atoms with E-state index in [9.17, 15) is 9.59 Å². The smallest absolute Gasteiger partial charge is 0.338 e. The highest BCUT2D eigenvalue weighted by atomic mass is 32.1. The van der Waals surface area contributed by atoms with E-state index in [4.69, 9.17) is 18.9 Å². The second-order valence-electron chi connectivity index (χ2n) is 7.69. The molecule has 0 saturated carbocycles. The van der Waals surface area contributed by atoms with Crippen LogP contribution in [-0.2, 0) is 9.53 Å². The Morgan fingerprint density at radius 2 is 1.83 bits per heavy atom. The van der Waals surface area contributed by atoms with Crippen LogP contribution in [0.3, 0.4) is 0 Å². The molecule has 0 radical (unpaired) electrons. The van der Waals surface area contributed by atoms with Gasteiger partial charge in [0.05, 0.1) is 49.8 Å². The third kappa shape index (κ3) is 4.59. The second-order valence-corrected chi connectivity index (χ2v) is 8.70. The van der Waals surface area contributed by atoms with Gasteiger partial charge in [-0.15, -0.1) is 0 Å². The predicted molar refractivity (Wildman–Crippen MR) is 133 cm³/mol. The fraction of sp³-hybridized carbons (Fsp3) is 0.269. The molecular formula is C26H26N2O6S. The van der Waals surface area contributed by atoms with Crippen molar-refractivity contribution in [2.24, 2.45) is 4.99 Å². The molecule has 0 bridgehead atoms. The van der Waals surface area contributed by atoms with Gasteiger partial charge in [-0.2, -0.15) is 0 Å². The zero-order chi connectivity index (χ0) is 25.1. The van der Waals surface area contributed by atoms with Crippen LogP contribution in [0.1, 0.15) is 31.0 Å². The van der Waals surface area contributed by atoms with Crippen molar-refractivity contribution in [2.45, 2.75) is 19.9 Å². The Kier molecular flexibility index (Phi) is 7.07. The Hall–Kier alpha value is -3.85. The summed E-state index contributed by atoms with van der Waals surface area (Å²) in [5, 5.41) is 0. The average Bonchev–Trinajstić information content (AvgIpc) is 3.17. The van der Waals surface area contributed by atoms with E-state index in [1.165, 1.54) is 18.4 Å². The molecule has 8 nitrogen and oxygen atoms in total. The topological polar surface area (TPSA) is 88.4 Å². The molecule has 1 aromatic heterocycles. The van der Waals surface area contributed by atoms with Gasteiger partial charge in [0.1, 0.15) is 5.75 Å². The van der Waals surface area contributed by atoms with E-state index in [0.29, 0.717) is 44.5 Å². The highest BCUT2D eigenvalue weighted by Crippen LogP contribution is 2.32. The lowest BCUT2D eigenvalue weighted by Gasteiger charge is -2.24.